The summed E-state index contributed by atoms with van der Waals surface area (Å²) >= 11 is 0. The SMILES string of the molecule is CN(C(=O)O)/C(C#N)=C/C(C)(C)C. The van der Waals surface area contributed by atoms with Gasteiger partial charge in [0.1, 0.15) is 11.8 Å². The summed E-state index contributed by atoms with van der Waals surface area (Å²) in [5, 5.41) is 17.3. The number of amides is 1. The molecular weight excluding hydrogens is 168 g/mol. The van der Waals surface area contributed by atoms with Gasteiger partial charge in [0, 0.05) is 7.05 Å². The van der Waals surface area contributed by atoms with Crippen LogP contribution in [0.25, 0.3) is 0 Å². The Morgan fingerprint density at radius 3 is 2.23 bits per heavy atom. The van der Waals surface area contributed by atoms with Crippen molar-refractivity contribution in [2.75, 3.05) is 7.05 Å². The summed E-state index contributed by atoms with van der Waals surface area (Å²) in [7, 11) is 1.35. The van der Waals surface area contributed by atoms with Crippen molar-refractivity contribution in [2.45, 2.75) is 20.8 Å². The molecule has 0 aromatic heterocycles. The van der Waals surface area contributed by atoms with Crippen LogP contribution < -0.4 is 0 Å². The lowest BCUT2D eigenvalue weighted by Gasteiger charge is -2.17. The van der Waals surface area contributed by atoms with Gasteiger partial charge in [0.05, 0.1) is 0 Å². The first kappa shape index (κ1) is 11.5. The highest BCUT2D eigenvalue weighted by Crippen LogP contribution is 2.18. The molecule has 0 rings (SSSR count). The van der Waals surface area contributed by atoms with Crippen molar-refractivity contribution in [3.05, 3.63) is 11.8 Å². The summed E-state index contributed by atoms with van der Waals surface area (Å²) in [5.41, 5.74) is -0.0469. The van der Waals surface area contributed by atoms with Crippen molar-refractivity contribution in [1.82, 2.24) is 4.90 Å². The molecule has 4 heteroatoms. The molecule has 13 heavy (non-hydrogen) atoms. The van der Waals surface area contributed by atoms with Crippen molar-refractivity contribution in [3.8, 4) is 6.07 Å². The Kier molecular flexibility index (Phi) is 3.49. The predicted molar refractivity (Wildman–Crippen MR) is 48.9 cm³/mol. The van der Waals surface area contributed by atoms with Crippen molar-refractivity contribution in [2.24, 2.45) is 5.41 Å². The van der Waals surface area contributed by atoms with Gasteiger partial charge in [-0.05, 0) is 11.5 Å². The Morgan fingerprint density at radius 2 is 2.00 bits per heavy atom. The first-order valence-corrected chi connectivity index (χ1v) is 3.87. The van der Waals surface area contributed by atoms with Crippen LogP contribution in [0.5, 0.6) is 0 Å². The van der Waals surface area contributed by atoms with Gasteiger partial charge in [-0.25, -0.2) is 4.79 Å². The molecule has 0 aliphatic carbocycles. The zero-order valence-electron chi connectivity index (χ0n) is 8.33. The van der Waals surface area contributed by atoms with Crippen molar-refractivity contribution in [1.29, 1.82) is 5.26 Å². The second-order valence-corrected chi connectivity index (χ2v) is 3.85. The molecule has 0 saturated heterocycles. The molecule has 0 unspecified atom stereocenters. The van der Waals surface area contributed by atoms with E-state index in [1.807, 2.05) is 26.8 Å². The Morgan fingerprint density at radius 1 is 1.54 bits per heavy atom. The average Bonchev–Trinajstić information content (AvgIpc) is 1.97. The van der Waals surface area contributed by atoms with Crippen LogP contribution in [0.15, 0.2) is 11.8 Å². The molecule has 0 heterocycles. The third kappa shape index (κ3) is 4.16. The smallest absolute Gasteiger partial charge is 0.412 e. The van der Waals surface area contributed by atoms with Gasteiger partial charge in [0.2, 0.25) is 0 Å². The quantitative estimate of drug-likeness (QED) is 0.631. The van der Waals surface area contributed by atoms with Gasteiger partial charge < -0.3 is 5.11 Å². The molecule has 0 atom stereocenters. The van der Waals surface area contributed by atoms with E-state index in [4.69, 9.17) is 10.4 Å². The van der Waals surface area contributed by atoms with E-state index in [1.54, 1.807) is 6.08 Å². The topological polar surface area (TPSA) is 64.3 Å². The van der Waals surface area contributed by atoms with E-state index in [1.165, 1.54) is 7.05 Å². The van der Waals surface area contributed by atoms with Gasteiger partial charge in [0.15, 0.2) is 0 Å². The first-order valence-electron chi connectivity index (χ1n) is 3.87. The zero-order valence-corrected chi connectivity index (χ0v) is 8.33. The monoisotopic (exact) mass is 182 g/mol. The molecule has 0 aliphatic heterocycles. The molecule has 0 aromatic rings. The van der Waals surface area contributed by atoms with Crippen LogP contribution in [0.1, 0.15) is 20.8 Å². The molecule has 1 N–H and O–H groups in total. The van der Waals surface area contributed by atoms with Gasteiger partial charge in [-0.1, -0.05) is 20.8 Å². The van der Waals surface area contributed by atoms with Crippen LogP contribution in [0, 0.1) is 16.7 Å². The molecule has 0 aliphatic rings. The number of hydrogen-bond acceptors (Lipinski definition) is 2. The normalized spacial score (nSPS) is 12.1. The fourth-order valence-corrected chi connectivity index (χ4v) is 0.717. The molecule has 4 nitrogen and oxygen atoms in total. The van der Waals surface area contributed by atoms with E-state index in [0.717, 1.165) is 4.90 Å². The number of allylic oxidation sites excluding steroid dienone is 2. The maximum absolute atomic E-state index is 10.5. The van der Waals surface area contributed by atoms with Crippen molar-refractivity contribution in [3.63, 3.8) is 0 Å². The molecule has 0 bridgehead atoms. The van der Waals surface area contributed by atoms with Crippen molar-refractivity contribution < 1.29 is 9.90 Å². The number of nitrogens with zero attached hydrogens (tertiary/aromatic N) is 2. The zero-order chi connectivity index (χ0) is 10.6. The van der Waals surface area contributed by atoms with E-state index in [2.05, 4.69) is 0 Å². The Balaban J connectivity index is 4.84. The summed E-state index contributed by atoms with van der Waals surface area (Å²) in [4.78, 5) is 11.4. The molecular formula is C9H14N2O2. The van der Waals surface area contributed by atoms with E-state index in [9.17, 15) is 4.79 Å². The van der Waals surface area contributed by atoms with Gasteiger partial charge >= 0.3 is 6.09 Å². The number of rotatable bonds is 1. The number of carboxylic acid groups (broad SMARTS) is 1. The van der Waals surface area contributed by atoms with Gasteiger partial charge in [-0.3, -0.25) is 4.90 Å². The minimum atomic E-state index is -1.13. The third-order valence-electron chi connectivity index (χ3n) is 1.33. The summed E-state index contributed by atoms with van der Waals surface area (Å²) in [6.07, 6.45) is 0.498. The Labute approximate surface area is 78.1 Å². The first-order chi connectivity index (χ1) is 5.78. The number of carbonyl (C=O) groups is 1. The van der Waals surface area contributed by atoms with Crippen LogP contribution in [0.2, 0.25) is 0 Å². The second-order valence-electron chi connectivity index (χ2n) is 3.85. The average molecular weight is 182 g/mol. The third-order valence-corrected chi connectivity index (χ3v) is 1.33. The van der Waals surface area contributed by atoms with Crippen LogP contribution >= 0.6 is 0 Å². The minimum absolute atomic E-state index is 0.153. The minimum Gasteiger partial charge on any atom is -0.465 e. The molecule has 0 aromatic carbocycles. The van der Waals surface area contributed by atoms with E-state index >= 15 is 0 Å². The van der Waals surface area contributed by atoms with Gasteiger partial charge in [-0.15, -0.1) is 0 Å². The van der Waals surface area contributed by atoms with Crippen LogP contribution in [0.4, 0.5) is 4.79 Å². The molecule has 0 fully saturated rings. The predicted octanol–water partition coefficient (Wildman–Crippen LogP) is 2.05. The van der Waals surface area contributed by atoms with E-state index in [0.29, 0.717) is 0 Å². The van der Waals surface area contributed by atoms with E-state index in [-0.39, 0.29) is 11.1 Å². The lowest BCUT2D eigenvalue weighted by atomic mass is 9.95. The standard InChI is InChI=1S/C9H14N2O2/c1-9(2,3)5-7(6-10)11(4)8(12)13/h5H,1-4H3,(H,12,13)/b7-5+. The lowest BCUT2D eigenvalue weighted by Crippen LogP contribution is -2.24. The van der Waals surface area contributed by atoms with Gasteiger partial charge in [0.25, 0.3) is 0 Å². The van der Waals surface area contributed by atoms with Crippen molar-refractivity contribution >= 4 is 6.09 Å². The second kappa shape index (κ2) is 3.94. The Bertz CT molecular complexity index is 268. The Hall–Kier alpha value is -1.50. The summed E-state index contributed by atoms with van der Waals surface area (Å²) in [5.74, 6) is 0. The fourth-order valence-electron chi connectivity index (χ4n) is 0.717. The highest BCUT2D eigenvalue weighted by molar-refractivity contribution is 5.68. The van der Waals surface area contributed by atoms with Crippen LogP contribution in [-0.4, -0.2) is 23.1 Å². The lowest BCUT2D eigenvalue weighted by molar-refractivity contribution is 0.168. The molecule has 0 radical (unpaired) electrons. The fraction of sp³-hybridized carbons (Fsp3) is 0.556. The number of nitriles is 1. The molecule has 72 valence electrons. The molecule has 0 spiro atoms. The summed E-state index contributed by atoms with van der Waals surface area (Å²) in [6.45, 7) is 5.71. The summed E-state index contributed by atoms with van der Waals surface area (Å²) < 4.78 is 0. The van der Waals surface area contributed by atoms with Crippen LogP contribution in [0.3, 0.4) is 0 Å². The number of hydrogen-bond donors (Lipinski definition) is 1. The van der Waals surface area contributed by atoms with Crippen LogP contribution in [-0.2, 0) is 0 Å². The maximum atomic E-state index is 10.5. The molecule has 0 saturated carbocycles. The summed E-state index contributed by atoms with van der Waals surface area (Å²) in [6, 6.07) is 1.85. The highest BCUT2D eigenvalue weighted by Gasteiger charge is 2.15. The van der Waals surface area contributed by atoms with E-state index < -0.39 is 6.09 Å². The van der Waals surface area contributed by atoms with Gasteiger partial charge in [-0.2, -0.15) is 5.26 Å². The highest BCUT2D eigenvalue weighted by atomic mass is 16.4. The maximum Gasteiger partial charge on any atom is 0.412 e. The largest absolute Gasteiger partial charge is 0.465 e. The molecule has 1 amide bonds.